The molecule has 3 aromatic carbocycles. The lowest BCUT2D eigenvalue weighted by Crippen LogP contribution is -2.33. The quantitative estimate of drug-likeness (QED) is 0.317. The number of fused-ring (bicyclic) bond motifs is 1. The van der Waals surface area contributed by atoms with Crippen molar-refractivity contribution in [3.05, 3.63) is 94.5 Å². The molecule has 1 unspecified atom stereocenters. The zero-order valence-corrected chi connectivity index (χ0v) is 20.8. The fourth-order valence-corrected chi connectivity index (χ4v) is 4.66. The Hall–Kier alpha value is -2.73. The molecule has 4 aromatic rings. The monoisotopic (exact) mass is 504 g/mol. The predicted molar refractivity (Wildman–Crippen MR) is 139 cm³/mol. The maximum absolute atomic E-state index is 12.3. The van der Waals surface area contributed by atoms with Crippen molar-refractivity contribution in [3.63, 3.8) is 0 Å². The molecule has 1 atom stereocenters. The van der Waals surface area contributed by atoms with Crippen molar-refractivity contribution in [2.45, 2.75) is 18.4 Å². The number of pyridine rings is 1. The minimum atomic E-state index is -1.11. The van der Waals surface area contributed by atoms with Gasteiger partial charge in [-0.1, -0.05) is 70.5 Å². The summed E-state index contributed by atoms with van der Waals surface area (Å²) in [6, 6.07) is 26.4. The van der Waals surface area contributed by atoms with E-state index in [0.29, 0.717) is 18.7 Å². The average molecular weight is 505 g/mol. The molecule has 0 radical (unpaired) electrons. The molecule has 0 aliphatic rings. The highest BCUT2D eigenvalue weighted by atomic mass is 79.9. The Balaban J connectivity index is 1.84. The Kier molecular flexibility index (Phi) is 7.13. The lowest BCUT2D eigenvalue weighted by atomic mass is 9.80. The second-order valence-electron chi connectivity index (χ2n) is 8.67. The molecule has 0 aliphatic carbocycles. The summed E-state index contributed by atoms with van der Waals surface area (Å²) >= 11 is 3.55. The molecule has 170 valence electrons. The van der Waals surface area contributed by atoms with Gasteiger partial charge in [-0.3, -0.25) is 0 Å². The van der Waals surface area contributed by atoms with Crippen LogP contribution in [0.4, 0.5) is 0 Å². The lowest BCUT2D eigenvalue weighted by Gasteiger charge is -2.32. The van der Waals surface area contributed by atoms with Crippen LogP contribution >= 0.6 is 15.9 Å². The normalized spacial score (nSPS) is 13.3. The van der Waals surface area contributed by atoms with Crippen LogP contribution < -0.4 is 4.74 Å². The Morgan fingerprint density at radius 3 is 2.42 bits per heavy atom. The van der Waals surface area contributed by atoms with Crippen molar-refractivity contribution < 1.29 is 9.84 Å². The van der Waals surface area contributed by atoms with Gasteiger partial charge in [0.1, 0.15) is 0 Å². The SMILES string of the molecule is COc1nc2ccc(Br)cc2cc1CC(O)(CCN(C)C)c1ccccc1-c1ccccc1. The van der Waals surface area contributed by atoms with E-state index in [1.807, 2.05) is 68.7 Å². The van der Waals surface area contributed by atoms with Crippen molar-refractivity contribution in [1.29, 1.82) is 0 Å². The fraction of sp³-hybridized carbons (Fsp3) is 0.250. The number of benzene rings is 3. The van der Waals surface area contributed by atoms with Crippen molar-refractivity contribution in [3.8, 4) is 17.0 Å². The highest BCUT2D eigenvalue weighted by molar-refractivity contribution is 9.10. The molecule has 5 heteroatoms. The molecular formula is C28H29BrN2O2. The number of methoxy groups -OCH3 is 1. The summed E-state index contributed by atoms with van der Waals surface area (Å²) in [7, 11) is 5.69. The van der Waals surface area contributed by atoms with Crippen LogP contribution in [0.15, 0.2) is 83.3 Å². The molecule has 1 heterocycles. The van der Waals surface area contributed by atoms with Crippen LogP contribution in [-0.4, -0.2) is 42.7 Å². The molecule has 0 saturated heterocycles. The van der Waals surface area contributed by atoms with Crippen LogP contribution in [0.5, 0.6) is 5.88 Å². The topological polar surface area (TPSA) is 45.6 Å². The molecule has 0 amide bonds. The molecule has 4 nitrogen and oxygen atoms in total. The second kappa shape index (κ2) is 10.0. The van der Waals surface area contributed by atoms with Gasteiger partial charge in [-0.25, -0.2) is 4.98 Å². The van der Waals surface area contributed by atoms with Gasteiger partial charge in [0.15, 0.2) is 0 Å². The molecule has 4 rings (SSSR count). The number of rotatable bonds is 8. The van der Waals surface area contributed by atoms with Crippen LogP contribution in [0.1, 0.15) is 17.5 Å². The molecule has 1 N–H and O–H groups in total. The van der Waals surface area contributed by atoms with E-state index in [0.717, 1.165) is 44.2 Å². The van der Waals surface area contributed by atoms with E-state index in [4.69, 9.17) is 9.72 Å². The minimum Gasteiger partial charge on any atom is -0.481 e. The Labute approximate surface area is 204 Å². The first-order valence-corrected chi connectivity index (χ1v) is 11.8. The van der Waals surface area contributed by atoms with Gasteiger partial charge in [0.2, 0.25) is 5.88 Å². The number of hydrogen-bond donors (Lipinski definition) is 1. The maximum Gasteiger partial charge on any atom is 0.216 e. The third-order valence-electron chi connectivity index (χ3n) is 5.98. The van der Waals surface area contributed by atoms with E-state index < -0.39 is 5.60 Å². The van der Waals surface area contributed by atoms with Crippen LogP contribution in [0.2, 0.25) is 0 Å². The Morgan fingerprint density at radius 1 is 0.970 bits per heavy atom. The summed E-state index contributed by atoms with van der Waals surface area (Å²) in [5.74, 6) is 0.547. The number of ether oxygens (including phenoxy) is 1. The highest BCUT2D eigenvalue weighted by Gasteiger charge is 2.33. The molecule has 33 heavy (non-hydrogen) atoms. The summed E-state index contributed by atoms with van der Waals surface area (Å²) in [6.07, 6.45) is 0.965. The molecular weight excluding hydrogens is 476 g/mol. The van der Waals surface area contributed by atoms with Crippen molar-refractivity contribution in [2.75, 3.05) is 27.7 Å². The van der Waals surface area contributed by atoms with Crippen LogP contribution in [0.3, 0.4) is 0 Å². The first-order chi connectivity index (χ1) is 15.9. The zero-order valence-electron chi connectivity index (χ0n) is 19.3. The third kappa shape index (κ3) is 5.27. The number of hydrogen-bond acceptors (Lipinski definition) is 4. The molecule has 0 aliphatic heterocycles. The maximum atomic E-state index is 12.3. The number of aliphatic hydroxyl groups is 1. The number of nitrogens with zero attached hydrogens (tertiary/aromatic N) is 2. The van der Waals surface area contributed by atoms with Gasteiger partial charge in [-0.15, -0.1) is 0 Å². The summed E-state index contributed by atoms with van der Waals surface area (Å²) in [5, 5.41) is 13.3. The summed E-state index contributed by atoms with van der Waals surface area (Å²) in [4.78, 5) is 6.82. The summed E-state index contributed by atoms with van der Waals surface area (Å²) in [6.45, 7) is 0.745. The lowest BCUT2D eigenvalue weighted by molar-refractivity contribution is 0.0212. The average Bonchev–Trinajstić information content (AvgIpc) is 2.83. The van der Waals surface area contributed by atoms with Crippen molar-refractivity contribution in [1.82, 2.24) is 9.88 Å². The molecule has 0 saturated carbocycles. The van der Waals surface area contributed by atoms with Gasteiger partial charge in [-0.05, 0) is 61.5 Å². The van der Waals surface area contributed by atoms with Gasteiger partial charge in [-0.2, -0.15) is 0 Å². The van der Waals surface area contributed by atoms with E-state index >= 15 is 0 Å². The fourth-order valence-electron chi connectivity index (χ4n) is 4.28. The van der Waals surface area contributed by atoms with Crippen molar-refractivity contribution >= 4 is 26.8 Å². The Morgan fingerprint density at radius 2 is 1.70 bits per heavy atom. The van der Waals surface area contributed by atoms with Crippen LogP contribution in [-0.2, 0) is 12.0 Å². The highest BCUT2D eigenvalue weighted by Crippen LogP contribution is 2.39. The standard InChI is InChI=1S/C28H29BrN2O2/c1-31(2)16-15-28(32,25-12-8-7-11-24(25)20-9-5-4-6-10-20)19-22-17-21-18-23(29)13-14-26(21)30-27(22)33-3/h4-14,17-18,32H,15-16,19H2,1-3H3. The largest absolute Gasteiger partial charge is 0.481 e. The van der Waals surface area contributed by atoms with E-state index in [-0.39, 0.29) is 0 Å². The summed E-state index contributed by atoms with van der Waals surface area (Å²) < 4.78 is 6.65. The van der Waals surface area contributed by atoms with E-state index in [2.05, 4.69) is 45.1 Å². The third-order valence-corrected chi connectivity index (χ3v) is 6.47. The van der Waals surface area contributed by atoms with E-state index in [1.165, 1.54) is 0 Å². The van der Waals surface area contributed by atoms with E-state index in [1.54, 1.807) is 7.11 Å². The first-order valence-electron chi connectivity index (χ1n) is 11.0. The minimum absolute atomic E-state index is 0.392. The first kappa shape index (κ1) is 23.4. The van der Waals surface area contributed by atoms with Gasteiger partial charge < -0.3 is 14.7 Å². The van der Waals surface area contributed by atoms with Crippen LogP contribution in [0, 0.1) is 0 Å². The van der Waals surface area contributed by atoms with Gasteiger partial charge in [0.05, 0.1) is 18.2 Å². The van der Waals surface area contributed by atoms with Gasteiger partial charge in [0, 0.05) is 28.4 Å². The molecule has 0 bridgehead atoms. The van der Waals surface area contributed by atoms with Gasteiger partial charge >= 0.3 is 0 Å². The van der Waals surface area contributed by atoms with Gasteiger partial charge in [0.25, 0.3) is 0 Å². The van der Waals surface area contributed by atoms with Crippen molar-refractivity contribution in [2.24, 2.45) is 0 Å². The molecule has 1 aromatic heterocycles. The summed E-state index contributed by atoms with van der Waals surface area (Å²) in [5.41, 5.74) is 3.67. The molecule has 0 spiro atoms. The molecule has 0 fully saturated rings. The van der Waals surface area contributed by atoms with Crippen LogP contribution in [0.25, 0.3) is 22.0 Å². The number of halogens is 1. The van der Waals surface area contributed by atoms with E-state index in [9.17, 15) is 5.11 Å². The zero-order chi connectivity index (χ0) is 23.4. The predicted octanol–water partition coefficient (Wildman–Crippen LogP) is 6.05. The second-order valence-corrected chi connectivity index (χ2v) is 9.58. The number of aromatic nitrogens is 1. The Bertz CT molecular complexity index is 1240. The smallest absolute Gasteiger partial charge is 0.216 e.